The second-order valence-electron chi connectivity index (χ2n) is 4.06. The van der Waals surface area contributed by atoms with E-state index >= 15 is 0 Å². The lowest BCUT2D eigenvalue weighted by molar-refractivity contribution is 0.315. The Hall–Kier alpha value is -1.07. The van der Waals surface area contributed by atoms with Gasteiger partial charge in [0.25, 0.3) is 0 Å². The standard InChI is InChI=1S/C13H21NO3S/c1-2-11-18(15,16)12-9-14-8-10-17-13-6-4-3-5-7-13/h3-7,14H,2,8-12H2,1H3. The van der Waals surface area contributed by atoms with Gasteiger partial charge >= 0.3 is 0 Å². The molecule has 5 heteroatoms. The number of hydrogen-bond donors (Lipinski definition) is 1. The van der Waals surface area contributed by atoms with Gasteiger partial charge in [-0.25, -0.2) is 8.42 Å². The van der Waals surface area contributed by atoms with Gasteiger partial charge < -0.3 is 10.1 Å². The number of hydrogen-bond acceptors (Lipinski definition) is 4. The second kappa shape index (κ2) is 8.11. The first-order valence-electron chi connectivity index (χ1n) is 6.23. The maximum absolute atomic E-state index is 11.4. The molecule has 18 heavy (non-hydrogen) atoms. The summed E-state index contributed by atoms with van der Waals surface area (Å²) in [7, 11) is -2.87. The molecule has 0 heterocycles. The van der Waals surface area contributed by atoms with Crippen molar-refractivity contribution < 1.29 is 13.2 Å². The van der Waals surface area contributed by atoms with Crippen LogP contribution >= 0.6 is 0 Å². The minimum Gasteiger partial charge on any atom is -0.492 e. The first-order valence-corrected chi connectivity index (χ1v) is 8.05. The van der Waals surface area contributed by atoms with E-state index in [1.807, 2.05) is 37.3 Å². The fourth-order valence-electron chi connectivity index (χ4n) is 1.52. The lowest BCUT2D eigenvalue weighted by Crippen LogP contribution is -2.27. The summed E-state index contributed by atoms with van der Waals surface area (Å²) in [4.78, 5) is 0. The summed E-state index contributed by atoms with van der Waals surface area (Å²) in [6.07, 6.45) is 0.680. The summed E-state index contributed by atoms with van der Waals surface area (Å²) >= 11 is 0. The fraction of sp³-hybridized carbons (Fsp3) is 0.538. The molecule has 0 aliphatic carbocycles. The Morgan fingerprint density at radius 1 is 1.11 bits per heavy atom. The van der Waals surface area contributed by atoms with Gasteiger partial charge in [-0.2, -0.15) is 0 Å². The number of sulfone groups is 1. The molecule has 0 aliphatic heterocycles. The van der Waals surface area contributed by atoms with Gasteiger partial charge in [0.2, 0.25) is 0 Å². The third kappa shape index (κ3) is 6.61. The van der Waals surface area contributed by atoms with Gasteiger partial charge in [0.1, 0.15) is 12.4 Å². The predicted molar refractivity (Wildman–Crippen MR) is 73.8 cm³/mol. The average Bonchev–Trinajstić information content (AvgIpc) is 2.35. The molecule has 0 aromatic heterocycles. The largest absolute Gasteiger partial charge is 0.492 e. The molecule has 1 rings (SSSR count). The van der Waals surface area contributed by atoms with Crippen LogP contribution in [0.1, 0.15) is 13.3 Å². The van der Waals surface area contributed by atoms with E-state index in [9.17, 15) is 8.42 Å². The Morgan fingerprint density at radius 3 is 2.50 bits per heavy atom. The van der Waals surface area contributed by atoms with E-state index in [4.69, 9.17) is 4.74 Å². The SMILES string of the molecule is CCCS(=O)(=O)CCNCCOc1ccccc1. The molecule has 1 N–H and O–H groups in total. The molecule has 1 aromatic rings. The van der Waals surface area contributed by atoms with Crippen LogP contribution in [-0.2, 0) is 9.84 Å². The predicted octanol–water partition coefficient (Wildman–Crippen LogP) is 1.48. The second-order valence-corrected chi connectivity index (χ2v) is 6.37. The van der Waals surface area contributed by atoms with Crippen molar-refractivity contribution in [2.24, 2.45) is 0 Å². The van der Waals surface area contributed by atoms with Gasteiger partial charge in [-0.15, -0.1) is 0 Å². The van der Waals surface area contributed by atoms with Crippen LogP contribution in [0, 0.1) is 0 Å². The number of ether oxygens (including phenoxy) is 1. The van der Waals surface area contributed by atoms with E-state index in [0.717, 1.165) is 5.75 Å². The van der Waals surface area contributed by atoms with Crippen LogP contribution in [0.3, 0.4) is 0 Å². The molecule has 0 saturated heterocycles. The van der Waals surface area contributed by atoms with Crippen molar-refractivity contribution in [1.29, 1.82) is 0 Å². The molecule has 0 atom stereocenters. The van der Waals surface area contributed by atoms with Crippen LogP contribution in [0.15, 0.2) is 30.3 Å². The van der Waals surface area contributed by atoms with Gasteiger partial charge in [0, 0.05) is 18.8 Å². The average molecular weight is 271 g/mol. The Labute approximate surface area is 109 Å². The summed E-state index contributed by atoms with van der Waals surface area (Å²) < 4.78 is 28.3. The fourth-order valence-corrected chi connectivity index (χ4v) is 2.80. The highest BCUT2D eigenvalue weighted by Crippen LogP contribution is 2.07. The first kappa shape index (κ1) is 15.0. The molecule has 102 valence electrons. The number of para-hydroxylation sites is 1. The Bertz CT molecular complexity index is 417. The normalized spacial score (nSPS) is 11.4. The zero-order valence-electron chi connectivity index (χ0n) is 10.8. The van der Waals surface area contributed by atoms with Crippen molar-refractivity contribution in [1.82, 2.24) is 5.32 Å². The molecule has 0 unspecified atom stereocenters. The smallest absolute Gasteiger partial charge is 0.151 e. The molecule has 0 saturated carbocycles. The first-order chi connectivity index (χ1) is 8.64. The minimum atomic E-state index is -2.87. The number of benzene rings is 1. The van der Waals surface area contributed by atoms with Crippen molar-refractivity contribution in [3.63, 3.8) is 0 Å². The van der Waals surface area contributed by atoms with Crippen LogP contribution in [0.5, 0.6) is 5.75 Å². The lowest BCUT2D eigenvalue weighted by atomic mass is 10.3. The van der Waals surface area contributed by atoms with Crippen molar-refractivity contribution >= 4 is 9.84 Å². The maximum atomic E-state index is 11.4. The highest BCUT2D eigenvalue weighted by Gasteiger charge is 2.07. The van der Waals surface area contributed by atoms with Crippen molar-refractivity contribution in [2.45, 2.75) is 13.3 Å². The molecule has 0 aliphatic rings. The highest BCUT2D eigenvalue weighted by molar-refractivity contribution is 7.91. The Balaban J connectivity index is 2.06. The van der Waals surface area contributed by atoms with Crippen molar-refractivity contribution in [2.75, 3.05) is 31.2 Å². The summed E-state index contributed by atoms with van der Waals surface area (Å²) in [5, 5.41) is 3.07. The highest BCUT2D eigenvalue weighted by atomic mass is 32.2. The van der Waals surface area contributed by atoms with Crippen molar-refractivity contribution in [3.8, 4) is 5.75 Å². The van der Waals surface area contributed by atoms with E-state index in [-0.39, 0.29) is 11.5 Å². The van der Waals surface area contributed by atoms with Gasteiger partial charge in [0.15, 0.2) is 9.84 Å². The quantitative estimate of drug-likeness (QED) is 0.691. The van der Waals surface area contributed by atoms with Crippen LogP contribution in [0.2, 0.25) is 0 Å². The summed E-state index contributed by atoms with van der Waals surface area (Å²) in [5.41, 5.74) is 0. The summed E-state index contributed by atoms with van der Waals surface area (Å²) in [5.74, 6) is 1.30. The monoisotopic (exact) mass is 271 g/mol. The van der Waals surface area contributed by atoms with Gasteiger partial charge in [-0.05, 0) is 18.6 Å². The van der Waals surface area contributed by atoms with Gasteiger partial charge in [-0.3, -0.25) is 0 Å². The van der Waals surface area contributed by atoms with Crippen LogP contribution in [-0.4, -0.2) is 39.6 Å². The Kier molecular flexibility index (Phi) is 6.75. The van der Waals surface area contributed by atoms with Gasteiger partial charge in [0.05, 0.1) is 5.75 Å². The van der Waals surface area contributed by atoms with Crippen LogP contribution < -0.4 is 10.1 Å². The molecule has 0 radical (unpaired) electrons. The van der Waals surface area contributed by atoms with E-state index in [0.29, 0.717) is 26.1 Å². The molecular weight excluding hydrogens is 250 g/mol. The third-order valence-corrected chi connectivity index (χ3v) is 4.25. The van der Waals surface area contributed by atoms with E-state index in [2.05, 4.69) is 5.32 Å². The summed E-state index contributed by atoms with van der Waals surface area (Å²) in [6.45, 7) is 3.55. The van der Waals surface area contributed by atoms with E-state index in [1.54, 1.807) is 0 Å². The lowest BCUT2D eigenvalue weighted by Gasteiger charge is -2.07. The zero-order valence-corrected chi connectivity index (χ0v) is 11.6. The molecule has 0 amide bonds. The van der Waals surface area contributed by atoms with E-state index < -0.39 is 9.84 Å². The molecule has 4 nitrogen and oxygen atoms in total. The molecule has 0 bridgehead atoms. The van der Waals surface area contributed by atoms with Crippen LogP contribution in [0.4, 0.5) is 0 Å². The molecule has 1 aromatic carbocycles. The molecule has 0 spiro atoms. The van der Waals surface area contributed by atoms with Crippen LogP contribution in [0.25, 0.3) is 0 Å². The van der Waals surface area contributed by atoms with Crippen molar-refractivity contribution in [3.05, 3.63) is 30.3 Å². The number of rotatable bonds is 9. The zero-order chi connectivity index (χ0) is 13.3. The van der Waals surface area contributed by atoms with E-state index in [1.165, 1.54) is 0 Å². The molecular formula is C13H21NO3S. The Morgan fingerprint density at radius 2 is 1.83 bits per heavy atom. The third-order valence-electron chi connectivity index (χ3n) is 2.40. The number of nitrogens with one attached hydrogen (secondary N) is 1. The van der Waals surface area contributed by atoms with Gasteiger partial charge in [-0.1, -0.05) is 25.1 Å². The summed E-state index contributed by atoms with van der Waals surface area (Å²) in [6, 6.07) is 9.56. The minimum absolute atomic E-state index is 0.201. The maximum Gasteiger partial charge on any atom is 0.151 e. The topological polar surface area (TPSA) is 55.4 Å². The molecule has 0 fully saturated rings.